The minimum atomic E-state index is -1.20. The van der Waals surface area contributed by atoms with Crippen LogP contribution in [0.15, 0.2) is 91.3 Å². The summed E-state index contributed by atoms with van der Waals surface area (Å²) in [5.74, 6) is 0.871. The number of hydrogen-bond acceptors (Lipinski definition) is 6. The molecule has 51 heavy (non-hydrogen) atoms. The third-order valence-corrected chi connectivity index (χ3v) is 10.2. The lowest BCUT2D eigenvalue weighted by atomic mass is 10.0. The first kappa shape index (κ1) is 33.7. The zero-order valence-electron chi connectivity index (χ0n) is 28.6. The van der Waals surface area contributed by atoms with Gasteiger partial charge in [0.1, 0.15) is 17.7 Å². The molecule has 0 spiro atoms. The van der Waals surface area contributed by atoms with Gasteiger partial charge in [-0.3, -0.25) is 14.5 Å². The molecule has 2 saturated heterocycles. The van der Waals surface area contributed by atoms with Crippen molar-refractivity contribution in [1.82, 2.24) is 34.6 Å². The highest BCUT2D eigenvalue weighted by Gasteiger charge is 2.37. The van der Waals surface area contributed by atoms with E-state index in [0.29, 0.717) is 30.3 Å². The molecule has 7 rings (SSSR count). The van der Waals surface area contributed by atoms with E-state index in [-0.39, 0.29) is 23.9 Å². The number of aromatic nitrogens is 4. The molecule has 0 bridgehead atoms. The van der Waals surface area contributed by atoms with E-state index >= 15 is 0 Å². The fourth-order valence-corrected chi connectivity index (χ4v) is 7.13. The molecule has 4 heterocycles. The summed E-state index contributed by atoms with van der Waals surface area (Å²) in [5.41, 5.74) is 6.33. The number of imidazole rings is 2. The molecular formula is C39H41N7O5. The standard InChI is InChI=1S/C39H41N7O5/c1-24(44(2)39(50)51)37(48)45-20-6-10-32(45)35-40-22-30(42-35)27-16-12-25(13-17-27)26-14-18-28(19-15-26)31-23-41-36(43-31)33-11-7-21-46(33)38(49)34(47)29-8-4-3-5-9-29/h3-5,8-9,12-19,22-24,32-34,47H,6-7,10-11,20-21H2,1-2H3,(H,40,42)(H,41,43)(H,50,51)/t24-,32-,33-,34+/m0/s1. The molecule has 4 atom stereocenters. The summed E-state index contributed by atoms with van der Waals surface area (Å²) < 4.78 is 0. The first-order valence-electron chi connectivity index (χ1n) is 17.3. The van der Waals surface area contributed by atoms with Crippen LogP contribution in [0.25, 0.3) is 33.6 Å². The largest absolute Gasteiger partial charge is 0.465 e. The maximum absolute atomic E-state index is 13.2. The summed E-state index contributed by atoms with van der Waals surface area (Å²) in [5, 5.41) is 20.1. The number of carbonyl (C=O) groups excluding carboxylic acids is 2. The molecule has 0 radical (unpaired) electrons. The maximum atomic E-state index is 13.2. The summed E-state index contributed by atoms with van der Waals surface area (Å²) in [6.07, 6.45) is 4.43. The van der Waals surface area contributed by atoms with Gasteiger partial charge in [-0.15, -0.1) is 0 Å². The Labute approximate surface area is 295 Å². The number of likely N-dealkylation sites (tertiary alicyclic amines) is 2. The van der Waals surface area contributed by atoms with Crippen LogP contribution in [0.4, 0.5) is 4.79 Å². The minimum Gasteiger partial charge on any atom is -0.465 e. The number of aliphatic hydroxyl groups excluding tert-OH is 1. The Hall–Kier alpha value is -5.75. The van der Waals surface area contributed by atoms with Gasteiger partial charge >= 0.3 is 6.09 Å². The molecule has 3 aromatic carbocycles. The molecule has 2 fully saturated rings. The molecule has 2 aliphatic heterocycles. The van der Waals surface area contributed by atoms with E-state index in [1.807, 2.05) is 42.5 Å². The molecule has 2 aliphatic rings. The van der Waals surface area contributed by atoms with Gasteiger partial charge in [-0.25, -0.2) is 14.8 Å². The summed E-state index contributed by atoms with van der Waals surface area (Å²) in [6.45, 7) is 2.75. The lowest BCUT2D eigenvalue weighted by molar-refractivity contribution is -0.141. The van der Waals surface area contributed by atoms with E-state index in [9.17, 15) is 24.6 Å². The van der Waals surface area contributed by atoms with Gasteiger partial charge in [-0.1, -0.05) is 78.9 Å². The Kier molecular flexibility index (Phi) is 9.42. The molecule has 4 N–H and O–H groups in total. The van der Waals surface area contributed by atoms with Crippen molar-refractivity contribution < 1.29 is 24.6 Å². The Morgan fingerprint density at radius 3 is 1.65 bits per heavy atom. The van der Waals surface area contributed by atoms with Crippen LogP contribution in [0.5, 0.6) is 0 Å². The van der Waals surface area contributed by atoms with Crippen molar-refractivity contribution in [3.8, 4) is 33.6 Å². The van der Waals surface area contributed by atoms with Crippen LogP contribution in [0.1, 0.15) is 68.0 Å². The molecule has 12 nitrogen and oxygen atoms in total. The molecule has 12 heteroatoms. The van der Waals surface area contributed by atoms with E-state index in [2.05, 4.69) is 44.2 Å². The number of hydrogen-bond donors (Lipinski definition) is 4. The highest BCUT2D eigenvalue weighted by Crippen LogP contribution is 2.35. The summed E-state index contributed by atoms with van der Waals surface area (Å²) in [4.78, 5) is 58.3. The summed E-state index contributed by atoms with van der Waals surface area (Å²) in [6, 6.07) is 24.2. The number of amides is 3. The second kappa shape index (κ2) is 14.2. The Bertz CT molecular complexity index is 2010. The Balaban J connectivity index is 1.00. The average Bonchev–Trinajstić information content (AvgIpc) is 4.00. The zero-order valence-corrected chi connectivity index (χ0v) is 28.6. The smallest absolute Gasteiger partial charge is 0.407 e. The Morgan fingerprint density at radius 2 is 1.18 bits per heavy atom. The number of nitrogens with one attached hydrogen (secondary N) is 2. The van der Waals surface area contributed by atoms with Crippen LogP contribution in [0, 0.1) is 0 Å². The van der Waals surface area contributed by atoms with Gasteiger partial charge in [-0.05, 0) is 60.4 Å². The number of H-pyrrole nitrogens is 2. The highest BCUT2D eigenvalue weighted by atomic mass is 16.4. The fourth-order valence-electron chi connectivity index (χ4n) is 7.13. The van der Waals surface area contributed by atoms with Crippen LogP contribution in [0.2, 0.25) is 0 Å². The van der Waals surface area contributed by atoms with Crippen LogP contribution in [-0.4, -0.2) is 88.9 Å². The molecule has 5 aromatic rings. The van der Waals surface area contributed by atoms with Gasteiger partial charge in [0.2, 0.25) is 5.91 Å². The predicted molar refractivity (Wildman–Crippen MR) is 191 cm³/mol. The topological polar surface area (TPSA) is 159 Å². The van der Waals surface area contributed by atoms with Crippen molar-refractivity contribution in [1.29, 1.82) is 0 Å². The summed E-state index contributed by atoms with van der Waals surface area (Å²) in [7, 11) is 1.41. The molecule has 0 aliphatic carbocycles. The number of aromatic amines is 2. The first-order valence-corrected chi connectivity index (χ1v) is 17.3. The van der Waals surface area contributed by atoms with E-state index in [1.165, 1.54) is 7.05 Å². The van der Waals surface area contributed by atoms with Gasteiger partial charge in [-0.2, -0.15) is 0 Å². The number of nitrogens with zero attached hydrogens (tertiary/aromatic N) is 5. The number of carbonyl (C=O) groups is 3. The van der Waals surface area contributed by atoms with Crippen molar-refractivity contribution in [2.75, 3.05) is 20.1 Å². The molecule has 3 amide bonds. The lowest BCUT2D eigenvalue weighted by Gasteiger charge is -2.29. The first-order chi connectivity index (χ1) is 24.7. The maximum Gasteiger partial charge on any atom is 0.407 e. The number of rotatable bonds is 9. The van der Waals surface area contributed by atoms with E-state index < -0.39 is 18.2 Å². The second-order valence-electron chi connectivity index (χ2n) is 13.3. The third kappa shape index (κ3) is 6.74. The Morgan fingerprint density at radius 1 is 0.725 bits per heavy atom. The van der Waals surface area contributed by atoms with Gasteiger partial charge in [0.05, 0.1) is 35.9 Å². The normalized spacial score (nSPS) is 18.5. The molecule has 262 valence electrons. The van der Waals surface area contributed by atoms with Crippen LogP contribution in [-0.2, 0) is 9.59 Å². The molecule has 0 saturated carbocycles. The number of likely N-dealkylation sites (N-methyl/N-ethyl adjacent to an activating group) is 1. The average molecular weight is 688 g/mol. The SMILES string of the molecule is C[C@@H](C(=O)N1CCC[C@H]1c1ncc(-c2ccc(-c3ccc(-c4cnc([C@@H]5CCCN5C(=O)[C@H](O)c5ccccc5)[nH]4)cc3)cc2)[nH]1)N(C)C(=O)O. The molecular weight excluding hydrogens is 646 g/mol. The number of aliphatic hydroxyl groups is 1. The van der Waals surface area contributed by atoms with Gasteiger partial charge in [0.25, 0.3) is 5.91 Å². The second-order valence-corrected chi connectivity index (χ2v) is 13.3. The third-order valence-electron chi connectivity index (χ3n) is 10.2. The van der Waals surface area contributed by atoms with E-state index in [4.69, 9.17) is 0 Å². The predicted octanol–water partition coefficient (Wildman–Crippen LogP) is 6.19. The number of carboxylic acid groups (broad SMARTS) is 1. The van der Waals surface area contributed by atoms with Crippen molar-refractivity contribution in [2.45, 2.75) is 56.8 Å². The minimum absolute atomic E-state index is 0.220. The van der Waals surface area contributed by atoms with Gasteiger partial charge in [0.15, 0.2) is 6.10 Å². The van der Waals surface area contributed by atoms with E-state index in [1.54, 1.807) is 41.2 Å². The van der Waals surface area contributed by atoms with Crippen molar-refractivity contribution >= 4 is 17.9 Å². The molecule has 0 unspecified atom stereocenters. The van der Waals surface area contributed by atoms with Crippen molar-refractivity contribution in [2.24, 2.45) is 0 Å². The van der Waals surface area contributed by atoms with Gasteiger partial charge < -0.3 is 30.0 Å². The number of benzene rings is 3. The fraction of sp³-hybridized carbons (Fsp3) is 0.308. The molecule has 2 aromatic heterocycles. The van der Waals surface area contributed by atoms with Crippen molar-refractivity contribution in [3.63, 3.8) is 0 Å². The zero-order chi connectivity index (χ0) is 35.6. The quantitative estimate of drug-likeness (QED) is 0.144. The van der Waals surface area contributed by atoms with Gasteiger partial charge in [0, 0.05) is 20.1 Å². The highest BCUT2D eigenvalue weighted by molar-refractivity contribution is 5.85. The van der Waals surface area contributed by atoms with Crippen molar-refractivity contribution in [3.05, 3.63) is 108 Å². The van der Waals surface area contributed by atoms with Crippen LogP contribution >= 0.6 is 0 Å². The van der Waals surface area contributed by atoms with Crippen LogP contribution < -0.4 is 0 Å². The monoisotopic (exact) mass is 687 g/mol. The van der Waals surface area contributed by atoms with E-state index in [0.717, 1.165) is 64.2 Å². The van der Waals surface area contributed by atoms with Crippen LogP contribution in [0.3, 0.4) is 0 Å². The lowest BCUT2D eigenvalue weighted by Crippen LogP contribution is -2.47. The summed E-state index contributed by atoms with van der Waals surface area (Å²) >= 11 is 0.